The first kappa shape index (κ1) is 30.5. The number of allylic oxidation sites excluding steroid dienone is 4. The highest BCUT2D eigenvalue weighted by Gasteiger charge is 2.03. The molecule has 0 bridgehead atoms. The zero-order valence-electron chi connectivity index (χ0n) is 21.9. The maximum absolute atomic E-state index is 11.8. The molecule has 1 rings (SSSR count). The zero-order chi connectivity index (χ0) is 24.4. The summed E-state index contributed by atoms with van der Waals surface area (Å²) in [7, 11) is 0. The van der Waals surface area contributed by atoms with Crippen molar-refractivity contribution in [1.29, 1.82) is 0 Å². The maximum atomic E-state index is 11.8. The molecule has 0 amide bonds. The van der Waals surface area contributed by atoms with E-state index in [2.05, 4.69) is 24.3 Å². The molecule has 4 nitrogen and oxygen atoms in total. The van der Waals surface area contributed by atoms with Crippen LogP contribution in [0.1, 0.15) is 141 Å². The molecule has 0 fully saturated rings. The van der Waals surface area contributed by atoms with E-state index >= 15 is 0 Å². The van der Waals surface area contributed by atoms with Crippen molar-refractivity contribution in [2.24, 2.45) is 0 Å². The van der Waals surface area contributed by atoms with Gasteiger partial charge in [0.05, 0.1) is 13.2 Å². The second kappa shape index (κ2) is 24.5. The second-order valence-electron chi connectivity index (χ2n) is 9.70. The van der Waals surface area contributed by atoms with Crippen molar-refractivity contribution in [3.63, 3.8) is 0 Å². The van der Waals surface area contributed by atoms with Gasteiger partial charge in [0.15, 0.2) is 0 Å². The van der Waals surface area contributed by atoms with Crippen LogP contribution in [0.3, 0.4) is 0 Å². The Labute approximate surface area is 209 Å². The van der Waals surface area contributed by atoms with Crippen molar-refractivity contribution in [3.8, 4) is 0 Å². The summed E-state index contributed by atoms with van der Waals surface area (Å²) in [5.41, 5.74) is 0. The summed E-state index contributed by atoms with van der Waals surface area (Å²) < 4.78 is 10.7. The van der Waals surface area contributed by atoms with Crippen molar-refractivity contribution in [2.75, 3.05) is 13.2 Å². The van der Waals surface area contributed by atoms with Gasteiger partial charge in [-0.3, -0.25) is 9.59 Å². The van der Waals surface area contributed by atoms with Crippen molar-refractivity contribution in [2.45, 2.75) is 141 Å². The quantitative estimate of drug-likeness (QED) is 0.259. The molecule has 0 radical (unpaired) electrons. The molecule has 1 aliphatic heterocycles. The molecule has 0 unspecified atom stereocenters. The summed E-state index contributed by atoms with van der Waals surface area (Å²) in [5, 5.41) is 0. The van der Waals surface area contributed by atoms with E-state index in [-0.39, 0.29) is 11.9 Å². The Kier molecular flexibility index (Phi) is 22.0. The number of cyclic esters (lactones) is 2. The topological polar surface area (TPSA) is 52.6 Å². The molecular weight excluding hydrogens is 424 g/mol. The molecule has 196 valence electrons. The smallest absolute Gasteiger partial charge is 0.305 e. The van der Waals surface area contributed by atoms with Gasteiger partial charge in [-0.25, -0.2) is 0 Å². The van der Waals surface area contributed by atoms with Crippen LogP contribution in [0.5, 0.6) is 0 Å². The Morgan fingerprint density at radius 3 is 1.06 bits per heavy atom. The van der Waals surface area contributed by atoms with Crippen LogP contribution in [-0.2, 0) is 19.1 Å². The fourth-order valence-corrected chi connectivity index (χ4v) is 4.22. The largest absolute Gasteiger partial charge is 0.466 e. The van der Waals surface area contributed by atoms with Crippen LogP contribution in [0.2, 0.25) is 0 Å². The highest BCUT2D eigenvalue weighted by Crippen LogP contribution is 2.12. The third kappa shape index (κ3) is 22.2. The average molecular weight is 477 g/mol. The zero-order valence-corrected chi connectivity index (χ0v) is 21.9. The van der Waals surface area contributed by atoms with Crippen LogP contribution in [-0.4, -0.2) is 25.2 Å². The van der Waals surface area contributed by atoms with Gasteiger partial charge >= 0.3 is 11.9 Å². The van der Waals surface area contributed by atoms with E-state index in [0.29, 0.717) is 26.1 Å². The van der Waals surface area contributed by atoms with E-state index in [0.717, 1.165) is 64.2 Å². The molecule has 0 aromatic carbocycles. The molecule has 0 aromatic rings. The number of rotatable bonds is 0. The third-order valence-corrected chi connectivity index (χ3v) is 6.39. The van der Waals surface area contributed by atoms with Gasteiger partial charge in [-0.1, -0.05) is 88.5 Å². The summed E-state index contributed by atoms with van der Waals surface area (Å²) in [4.78, 5) is 23.6. The van der Waals surface area contributed by atoms with Crippen LogP contribution in [0.15, 0.2) is 24.3 Å². The predicted octanol–water partition coefficient (Wildman–Crippen LogP) is 8.78. The lowest BCUT2D eigenvalue weighted by Crippen LogP contribution is -2.05. The molecule has 0 saturated carbocycles. The molecule has 34 heavy (non-hydrogen) atoms. The molecule has 0 aliphatic carbocycles. The van der Waals surface area contributed by atoms with Gasteiger partial charge in [0.25, 0.3) is 0 Å². The summed E-state index contributed by atoms with van der Waals surface area (Å²) in [6.45, 7) is 1.10. The summed E-state index contributed by atoms with van der Waals surface area (Å²) in [6, 6.07) is 0. The SMILES string of the molecule is O=C1CCCCCCCCC/C=C/CCCOC(=O)CCCCCCCCC/C=C/CCCO1. The first-order valence-corrected chi connectivity index (χ1v) is 14.4. The lowest BCUT2D eigenvalue weighted by atomic mass is 10.1. The van der Waals surface area contributed by atoms with Gasteiger partial charge in [0.2, 0.25) is 0 Å². The normalized spacial score (nSPS) is 23.9. The minimum absolute atomic E-state index is 0.0279. The summed E-state index contributed by atoms with van der Waals surface area (Å²) in [6.07, 6.45) is 33.0. The van der Waals surface area contributed by atoms with E-state index in [1.807, 2.05) is 0 Å². The molecule has 0 N–H and O–H groups in total. The molecule has 1 heterocycles. The van der Waals surface area contributed by atoms with E-state index in [1.54, 1.807) is 0 Å². The molecule has 0 aromatic heterocycles. The minimum Gasteiger partial charge on any atom is -0.466 e. The van der Waals surface area contributed by atoms with Crippen molar-refractivity contribution >= 4 is 11.9 Å². The van der Waals surface area contributed by atoms with E-state index < -0.39 is 0 Å². The Hall–Kier alpha value is -1.58. The Balaban J connectivity index is 2.18. The molecule has 0 saturated heterocycles. The van der Waals surface area contributed by atoms with Gasteiger partial charge in [0, 0.05) is 12.8 Å². The number of ether oxygens (including phenoxy) is 2. The Bertz CT molecular complexity index is 490. The molecule has 0 atom stereocenters. The number of carbonyl (C=O) groups is 2. The van der Waals surface area contributed by atoms with Crippen LogP contribution in [0.4, 0.5) is 0 Å². The minimum atomic E-state index is -0.0279. The number of carbonyl (C=O) groups excluding carboxylic acids is 2. The lowest BCUT2D eigenvalue weighted by molar-refractivity contribution is -0.144. The molecule has 4 heteroatoms. The van der Waals surface area contributed by atoms with Gasteiger partial charge < -0.3 is 9.47 Å². The van der Waals surface area contributed by atoms with Gasteiger partial charge in [-0.15, -0.1) is 0 Å². The van der Waals surface area contributed by atoms with Crippen molar-refractivity contribution in [3.05, 3.63) is 24.3 Å². The fourth-order valence-electron chi connectivity index (χ4n) is 4.22. The fraction of sp³-hybridized carbons (Fsp3) is 0.800. The van der Waals surface area contributed by atoms with Crippen molar-refractivity contribution in [1.82, 2.24) is 0 Å². The van der Waals surface area contributed by atoms with Crippen LogP contribution < -0.4 is 0 Å². The first-order valence-electron chi connectivity index (χ1n) is 14.4. The Morgan fingerprint density at radius 1 is 0.382 bits per heavy atom. The van der Waals surface area contributed by atoms with Crippen LogP contribution in [0, 0.1) is 0 Å². The van der Waals surface area contributed by atoms with Crippen LogP contribution >= 0.6 is 0 Å². The number of hydrogen-bond donors (Lipinski definition) is 0. The Morgan fingerprint density at radius 2 is 0.676 bits per heavy atom. The average Bonchev–Trinajstić information content (AvgIpc) is 2.83. The number of esters is 2. The molecule has 1 aliphatic rings. The van der Waals surface area contributed by atoms with E-state index in [4.69, 9.17) is 9.47 Å². The van der Waals surface area contributed by atoms with Gasteiger partial charge in [-0.05, 0) is 64.2 Å². The third-order valence-electron chi connectivity index (χ3n) is 6.39. The van der Waals surface area contributed by atoms with E-state index in [1.165, 1.54) is 64.2 Å². The van der Waals surface area contributed by atoms with Gasteiger partial charge in [-0.2, -0.15) is 0 Å². The molecular formula is C30H52O4. The number of hydrogen-bond acceptors (Lipinski definition) is 4. The van der Waals surface area contributed by atoms with Gasteiger partial charge in [0.1, 0.15) is 0 Å². The van der Waals surface area contributed by atoms with E-state index in [9.17, 15) is 9.59 Å². The highest BCUT2D eigenvalue weighted by atomic mass is 16.5. The second-order valence-corrected chi connectivity index (χ2v) is 9.70. The lowest BCUT2D eigenvalue weighted by Gasteiger charge is -2.05. The maximum Gasteiger partial charge on any atom is 0.305 e. The highest BCUT2D eigenvalue weighted by molar-refractivity contribution is 5.69. The molecule has 0 spiro atoms. The van der Waals surface area contributed by atoms with Crippen molar-refractivity contribution < 1.29 is 19.1 Å². The van der Waals surface area contributed by atoms with Crippen LogP contribution in [0.25, 0.3) is 0 Å². The monoisotopic (exact) mass is 476 g/mol. The standard InChI is InChI=1S/C30H52O4/c31-29-25-21-17-13-9-5-1-3-7-11-15-19-23-27-33-30(32)26-22-18-14-10-6-2-4-8-12-16-20-24-28-34-29/h11-12,15-16H,1-10,13-14,17-28H2/b15-11+,16-12+. The summed E-state index contributed by atoms with van der Waals surface area (Å²) in [5.74, 6) is -0.0557. The first-order chi connectivity index (χ1) is 16.8. The summed E-state index contributed by atoms with van der Waals surface area (Å²) >= 11 is 0. The predicted molar refractivity (Wildman–Crippen MR) is 142 cm³/mol.